The fraction of sp³-hybridized carbons (Fsp3) is 0.429. The van der Waals surface area contributed by atoms with E-state index in [1.165, 1.54) is 6.07 Å². The SMILES string of the molecule is CC(C)[C@H](C)C(=O)NCc1cccc(C(=O)O)c1. The lowest BCUT2D eigenvalue weighted by Gasteiger charge is -2.15. The Morgan fingerprint density at radius 1 is 1.28 bits per heavy atom. The van der Waals surface area contributed by atoms with E-state index < -0.39 is 5.97 Å². The monoisotopic (exact) mass is 249 g/mol. The fourth-order valence-electron chi connectivity index (χ4n) is 1.47. The van der Waals surface area contributed by atoms with Crippen molar-refractivity contribution in [3.05, 3.63) is 35.4 Å². The normalized spacial score (nSPS) is 12.2. The molecule has 0 aromatic heterocycles. The number of amides is 1. The van der Waals surface area contributed by atoms with Crippen LogP contribution in [0.4, 0.5) is 0 Å². The van der Waals surface area contributed by atoms with E-state index in [9.17, 15) is 9.59 Å². The smallest absolute Gasteiger partial charge is 0.335 e. The molecule has 0 unspecified atom stereocenters. The molecule has 0 fully saturated rings. The average molecular weight is 249 g/mol. The van der Waals surface area contributed by atoms with Gasteiger partial charge in [-0.15, -0.1) is 0 Å². The van der Waals surface area contributed by atoms with Crippen LogP contribution in [0, 0.1) is 11.8 Å². The van der Waals surface area contributed by atoms with E-state index in [1.807, 2.05) is 20.8 Å². The van der Waals surface area contributed by atoms with Gasteiger partial charge in [-0.1, -0.05) is 32.9 Å². The number of carboxylic acids is 1. The number of carboxylic acid groups (broad SMARTS) is 1. The summed E-state index contributed by atoms with van der Waals surface area (Å²) in [6.45, 7) is 6.23. The van der Waals surface area contributed by atoms with Crippen LogP contribution in [0.1, 0.15) is 36.7 Å². The van der Waals surface area contributed by atoms with E-state index in [2.05, 4.69) is 5.32 Å². The van der Waals surface area contributed by atoms with Crippen LogP contribution >= 0.6 is 0 Å². The highest BCUT2D eigenvalue weighted by molar-refractivity contribution is 5.87. The van der Waals surface area contributed by atoms with Crippen molar-refractivity contribution in [1.82, 2.24) is 5.32 Å². The molecule has 1 amide bonds. The number of carbonyl (C=O) groups is 2. The Labute approximate surface area is 107 Å². The second-order valence-corrected chi connectivity index (χ2v) is 4.76. The first-order valence-corrected chi connectivity index (χ1v) is 6.01. The Morgan fingerprint density at radius 2 is 1.94 bits per heavy atom. The van der Waals surface area contributed by atoms with E-state index in [0.717, 1.165) is 5.56 Å². The first-order valence-electron chi connectivity index (χ1n) is 6.01. The molecule has 4 heteroatoms. The minimum absolute atomic E-state index is 0.00859. The van der Waals surface area contributed by atoms with Crippen molar-refractivity contribution in [2.45, 2.75) is 27.3 Å². The molecule has 0 radical (unpaired) electrons. The predicted octanol–water partition coefficient (Wildman–Crippen LogP) is 2.29. The van der Waals surface area contributed by atoms with Gasteiger partial charge in [0.15, 0.2) is 0 Å². The summed E-state index contributed by atoms with van der Waals surface area (Å²) in [6.07, 6.45) is 0. The standard InChI is InChI=1S/C14H19NO3/c1-9(2)10(3)13(16)15-8-11-5-4-6-12(7-11)14(17)18/h4-7,9-10H,8H2,1-3H3,(H,15,16)(H,17,18)/t10-/m0/s1. The third-order valence-corrected chi connectivity index (χ3v) is 3.05. The highest BCUT2D eigenvalue weighted by Gasteiger charge is 2.16. The quantitative estimate of drug-likeness (QED) is 0.841. The lowest BCUT2D eigenvalue weighted by atomic mass is 9.97. The second kappa shape index (κ2) is 6.19. The summed E-state index contributed by atoms with van der Waals surface area (Å²) < 4.78 is 0. The Morgan fingerprint density at radius 3 is 2.50 bits per heavy atom. The summed E-state index contributed by atoms with van der Waals surface area (Å²) in [6, 6.07) is 6.58. The highest BCUT2D eigenvalue weighted by Crippen LogP contribution is 2.10. The van der Waals surface area contributed by atoms with Crippen molar-refractivity contribution in [2.75, 3.05) is 0 Å². The zero-order chi connectivity index (χ0) is 13.7. The van der Waals surface area contributed by atoms with Gasteiger partial charge in [0.2, 0.25) is 5.91 Å². The summed E-state index contributed by atoms with van der Waals surface area (Å²) in [7, 11) is 0. The molecule has 0 heterocycles. The molecule has 1 rings (SSSR count). The molecule has 1 aromatic carbocycles. The van der Waals surface area contributed by atoms with Gasteiger partial charge in [-0.2, -0.15) is 0 Å². The van der Waals surface area contributed by atoms with Gasteiger partial charge in [0.05, 0.1) is 5.56 Å². The Bertz CT molecular complexity index is 440. The van der Waals surface area contributed by atoms with Gasteiger partial charge in [-0.25, -0.2) is 4.79 Å². The summed E-state index contributed by atoms with van der Waals surface area (Å²) in [4.78, 5) is 22.6. The summed E-state index contributed by atoms with van der Waals surface area (Å²) in [5.41, 5.74) is 1.03. The predicted molar refractivity (Wildman–Crippen MR) is 69.3 cm³/mol. The van der Waals surface area contributed by atoms with E-state index in [0.29, 0.717) is 6.54 Å². The van der Waals surface area contributed by atoms with Gasteiger partial charge in [0.1, 0.15) is 0 Å². The van der Waals surface area contributed by atoms with Gasteiger partial charge in [-0.3, -0.25) is 4.79 Å². The lowest BCUT2D eigenvalue weighted by Crippen LogP contribution is -2.31. The topological polar surface area (TPSA) is 66.4 Å². The molecule has 0 saturated heterocycles. The van der Waals surface area contributed by atoms with Crippen molar-refractivity contribution in [3.8, 4) is 0 Å². The molecular formula is C14H19NO3. The molecule has 0 aliphatic heterocycles. The van der Waals surface area contributed by atoms with Crippen molar-refractivity contribution in [3.63, 3.8) is 0 Å². The number of hydrogen-bond acceptors (Lipinski definition) is 2. The van der Waals surface area contributed by atoms with Gasteiger partial charge >= 0.3 is 5.97 Å². The van der Waals surface area contributed by atoms with Gasteiger partial charge in [0, 0.05) is 12.5 Å². The second-order valence-electron chi connectivity index (χ2n) is 4.76. The molecule has 0 bridgehead atoms. The molecule has 18 heavy (non-hydrogen) atoms. The van der Waals surface area contributed by atoms with Crippen LogP contribution < -0.4 is 5.32 Å². The van der Waals surface area contributed by atoms with Crippen LogP contribution in [-0.4, -0.2) is 17.0 Å². The molecule has 4 nitrogen and oxygen atoms in total. The number of nitrogens with one attached hydrogen (secondary N) is 1. The molecule has 0 spiro atoms. The van der Waals surface area contributed by atoms with Crippen LogP contribution in [0.25, 0.3) is 0 Å². The molecule has 1 aromatic rings. The summed E-state index contributed by atoms with van der Waals surface area (Å²) in [5.74, 6) is -0.729. The summed E-state index contributed by atoms with van der Waals surface area (Å²) in [5, 5.41) is 11.7. The molecule has 0 saturated carbocycles. The van der Waals surface area contributed by atoms with Gasteiger partial charge < -0.3 is 10.4 Å². The fourth-order valence-corrected chi connectivity index (χ4v) is 1.47. The van der Waals surface area contributed by atoms with Crippen LogP contribution in [-0.2, 0) is 11.3 Å². The molecule has 1 atom stereocenters. The molecule has 0 aliphatic carbocycles. The highest BCUT2D eigenvalue weighted by atomic mass is 16.4. The average Bonchev–Trinajstić information content (AvgIpc) is 2.35. The molecule has 98 valence electrons. The third kappa shape index (κ3) is 3.87. The molecular weight excluding hydrogens is 230 g/mol. The number of benzene rings is 1. The van der Waals surface area contributed by atoms with E-state index in [-0.39, 0.29) is 23.3 Å². The number of hydrogen-bond donors (Lipinski definition) is 2. The Kier molecular flexibility index (Phi) is 4.89. The number of aromatic carboxylic acids is 1. The van der Waals surface area contributed by atoms with Crippen LogP contribution in [0.15, 0.2) is 24.3 Å². The van der Waals surface area contributed by atoms with E-state index in [1.54, 1.807) is 18.2 Å². The van der Waals surface area contributed by atoms with Crippen molar-refractivity contribution in [1.29, 1.82) is 0 Å². The maximum atomic E-state index is 11.7. The largest absolute Gasteiger partial charge is 0.478 e. The lowest BCUT2D eigenvalue weighted by molar-refractivity contribution is -0.125. The van der Waals surface area contributed by atoms with Crippen molar-refractivity contribution >= 4 is 11.9 Å². The first-order chi connectivity index (χ1) is 8.41. The Balaban J connectivity index is 2.61. The van der Waals surface area contributed by atoms with Crippen LogP contribution in [0.5, 0.6) is 0 Å². The van der Waals surface area contributed by atoms with Gasteiger partial charge in [-0.05, 0) is 23.6 Å². The molecule has 2 N–H and O–H groups in total. The van der Waals surface area contributed by atoms with Crippen molar-refractivity contribution < 1.29 is 14.7 Å². The van der Waals surface area contributed by atoms with Crippen LogP contribution in [0.3, 0.4) is 0 Å². The van der Waals surface area contributed by atoms with E-state index >= 15 is 0 Å². The third-order valence-electron chi connectivity index (χ3n) is 3.05. The first kappa shape index (κ1) is 14.2. The molecule has 0 aliphatic rings. The number of rotatable bonds is 5. The zero-order valence-corrected chi connectivity index (χ0v) is 10.9. The zero-order valence-electron chi connectivity index (χ0n) is 10.9. The number of carbonyl (C=O) groups excluding carboxylic acids is 1. The van der Waals surface area contributed by atoms with Gasteiger partial charge in [0.25, 0.3) is 0 Å². The minimum atomic E-state index is -0.960. The van der Waals surface area contributed by atoms with E-state index in [4.69, 9.17) is 5.11 Å². The Hall–Kier alpha value is -1.84. The maximum Gasteiger partial charge on any atom is 0.335 e. The van der Waals surface area contributed by atoms with Crippen LogP contribution in [0.2, 0.25) is 0 Å². The summed E-state index contributed by atoms with van der Waals surface area (Å²) >= 11 is 0. The minimum Gasteiger partial charge on any atom is -0.478 e. The maximum absolute atomic E-state index is 11.7. The van der Waals surface area contributed by atoms with Crippen molar-refractivity contribution in [2.24, 2.45) is 11.8 Å².